The number of alkyl halides is 3. The van der Waals surface area contributed by atoms with Crippen molar-refractivity contribution >= 4 is 22.2 Å². The lowest BCUT2D eigenvalue weighted by Crippen LogP contribution is -2.16. The van der Waals surface area contributed by atoms with Crippen LogP contribution in [0.1, 0.15) is 0 Å². The fraction of sp³-hybridized carbons (Fsp3) is 0.0667. The Kier molecular flexibility index (Phi) is 4.16. The molecule has 0 aliphatic carbocycles. The Bertz CT molecular complexity index is 773. The number of rotatable bonds is 4. The Morgan fingerprint density at radius 3 is 2.52 bits per heavy atom. The normalized spacial score (nSPS) is 11.3. The van der Waals surface area contributed by atoms with E-state index in [0.717, 1.165) is 11.3 Å². The van der Waals surface area contributed by atoms with Gasteiger partial charge in [0, 0.05) is 29.0 Å². The van der Waals surface area contributed by atoms with Gasteiger partial charge >= 0.3 is 6.36 Å². The number of pyridine rings is 1. The summed E-state index contributed by atoms with van der Waals surface area (Å²) in [6, 6.07) is 9.19. The maximum atomic E-state index is 12.1. The lowest BCUT2D eigenvalue weighted by Gasteiger charge is -2.09. The fourth-order valence-electron chi connectivity index (χ4n) is 1.84. The molecule has 118 valence electrons. The van der Waals surface area contributed by atoms with Gasteiger partial charge < -0.3 is 10.1 Å². The largest absolute Gasteiger partial charge is 0.573 e. The van der Waals surface area contributed by atoms with Crippen molar-refractivity contribution in [1.29, 1.82) is 0 Å². The van der Waals surface area contributed by atoms with Crippen LogP contribution in [0, 0.1) is 0 Å². The van der Waals surface area contributed by atoms with Crippen molar-refractivity contribution < 1.29 is 17.9 Å². The summed E-state index contributed by atoms with van der Waals surface area (Å²) in [5.74, 6) is -0.266. The summed E-state index contributed by atoms with van der Waals surface area (Å²) in [6.45, 7) is 0. The topological polar surface area (TPSA) is 47.0 Å². The highest BCUT2D eigenvalue weighted by Crippen LogP contribution is 2.28. The van der Waals surface area contributed by atoms with Gasteiger partial charge in [0.05, 0.1) is 5.69 Å². The molecule has 0 saturated heterocycles. The van der Waals surface area contributed by atoms with Crippen LogP contribution in [0.25, 0.3) is 11.3 Å². The van der Waals surface area contributed by atoms with Crippen LogP contribution >= 0.6 is 11.3 Å². The van der Waals surface area contributed by atoms with Gasteiger partial charge in [0.2, 0.25) is 0 Å². The first kappa shape index (κ1) is 15.3. The number of nitrogens with zero attached hydrogens (tertiary/aromatic N) is 2. The van der Waals surface area contributed by atoms with Crippen molar-refractivity contribution in [2.24, 2.45) is 0 Å². The average molecular weight is 337 g/mol. The molecular formula is C15H10F3N3OS. The number of hydrogen-bond donors (Lipinski definition) is 1. The molecule has 0 fully saturated rings. The van der Waals surface area contributed by atoms with Crippen molar-refractivity contribution in [3.05, 3.63) is 54.2 Å². The minimum absolute atomic E-state index is 0.266. The SMILES string of the molecule is FC(F)(F)Oc1ccc(Nc2nc(-c3cccnc3)cs2)cc1. The number of nitrogens with one attached hydrogen (secondary N) is 1. The Labute approximate surface area is 133 Å². The van der Waals surface area contributed by atoms with Crippen LogP contribution in [-0.2, 0) is 0 Å². The molecule has 2 aromatic heterocycles. The maximum absolute atomic E-state index is 12.1. The van der Waals surface area contributed by atoms with Gasteiger partial charge in [0.15, 0.2) is 5.13 Å². The maximum Gasteiger partial charge on any atom is 0.573 e. The molecule has 0 spiro atoms. The van der Waals surface area contributed by atoms with Gasteiger partial charge in [-0.05, 0) is 36.4 Å². The van der Waals surface area contributed by atoms with Gasteiger partial charge in [-0.2, -0.15) is 0 Å². The molecular weight excluding hydrogens is 327 g/mol. The van der Waals surface area contributed by atoms with E-state index < -0.39 is 6.36 Å². The third-order valence-electron chi connectivity index (χ3n) is 2.80. The molecule has 4 nitrogen and oxygen atoms in total. The molecule has 8 heteroatoms. The minimum atomic E-state index is -4.69. The number of benzene rings is 1. The van der Waals surface area contributed by atoms with Gasteiger partial charge in [-0.15, -0.1) is 24.5 Å². The van der Waals surface area contributed by atoms with Gasteiger partial charge in [-0.25, -0.2) is 4.98 Å². The number of aromatic nitrogens is 2. The van der Waals surface area contributed by atoms with E-state index >= 15 is 0 Å². The summed E-state index contributed by atoms with van der Waals surface area (Å²) >= 11 is 1.39. The Hall–Kier alpha value is -2.61. The van der Waals surface area contributed by atoms with E-state index in [2.05, 4.69) is 20.0 Å². The summed E-state index contributed by atoms with van der Waals surface area (Å²) in [6.07, 6.45) is -1.30. The Balaban J connectivity index is 1.69. The molecule has 0 unspecified atom stereocenters. The van der Waals surface area contributed by atoms with Crippen LogP contribution in [0.5, 0.6) is 5.75 Å². The van der Waals surface area contributed by atoms with E-state index in [1.165, 1.54) is 35.6 Å². The summed E-state index contributed by atoms with van der Waals surface area (Å²) in [5.41, 5.74) is 2.29. The molecule has 0 radical (unpaired) electrons. The molecule has 0 aliphatic heterocycles. The molecule has 0 amide bonds. The fourth-order valence-corrected chi connectivity index (χ4v) is 2.58. The average Bonchev–Trinajstić information content (AvgIpc) is 2.97. The second-order valence-corrected chi connectivity index (χ2v) is 5.33. The molecule has 0 saturated carbocycles. The summed E-state index contributed by atoms with van der Waals surface area (Å²) in [4.78, 5) is 8.45. The van der Waals surface area contributed by atoms with Gasteiger partial charge in [-0.3, -0.25) is 4.98 Å². The van der Waals surface area contributed by atoms with Crippen molar-refractivity contribution in [3.63, 3.8) is 0 Å². The van der Waals surface area contributed by atoms with Crippen molar-refractivity contribution in [2.45, 2.75) is 6.36 Å². The third kappa shape index (κ3) is 4.19. The molecule has 3 aromatic rings. The summed E-state index contributed by atoms with van der Waals surface area (Å²) in [7, 11) is 0. The first-order valence-corrected chi connectivity index (χ1v) is 7.36. The Morgan fingerprint density at radius 2 is 1.87 bits per heavy atom. The highest BCUT2D eigenvalue weighted by molar-refractivity contribution is 7.14. The molecule has 0 atom stereocenters. The van der Waals surface area contributed by atoms with Crippen LogP contribution in [0.3, 0.4) is 0 Å². The van der Waals surface area contributed by atoms with Crippen LogP contribution in [0.15, 0.2) is 54.2 Å². The predicted molar refractivity (Wildman–Crippen MR) is 81.8 cm³/mol. The molecule has 3 rings (SSSR count). The summed E-state index contributed by atoms with van der Waals surface area (Å²) < 4.78 is 40.1. The monoisotopic (exact) mass is 337 g/mol. The standard InChI is InChI=1S/C15H10F3N3OS/c16-15(17,18)22-12-5-3-11(4-6-12)20-14-21-13(9-23-14)10-2-1-7-19-8-10/h1-9H,(H,20,21). The van der Waals surface area contributed by atoms with Crippen LogP contribution in [0.4, 0.5) is 24.0 Å². The molecule has 1 N–H and O–H groups in total. The van der Waals surface area contributed by atoms with E-state index in [9.17, 15) is 13.2 Å². The zero-order chi connectivity index (χ0) is 16.3. The highest BCUT2D eigenvalue weighted by Gasteiger charge is 2.30. The second kappa shape index (κ2) is 6.25. The molecule has 1 aromatic carbocycles. The van der Waals surface area contributed by atoms with E-state index in [4.69, 9.17) is 0 Å². The molecule has 2 heterocycles. The predicted octanol–water partition coefficient (Wildman–Crippen LogP) is 4.85. The highest BCUT2D eigenvalue weighted by atomic mass is 32.1. The van der Waals surface area contributed by atoms with E-state index in [0.29, 0.717) is 10.8 Å². The quantitative estimate of drug-likeness (QED) is 0.739. The van der Waals surface area contributed by atoms with Crippen molar-refractivity contribution in [3.8, 4) is 17.0 Å². The number of halogens is 3. The number of ether oxygens (including phenoxy) is 1. The lowest BCUT2D eigenvalue weighted by molar-refractivity contribution is -0.274. The third-order valence-corrected chi connectivity index (χ3v) is 3.56. The van der Waals surface area contributed by atoms with Gasteiger partial charge in [0.1, 0.15) is 5.75 Å². The molecule has 0 aliphatic rings. The Morgan fingerprint density at radius 1 is 1.09 bits per heavy atom. The first-order chi connectivity index (χ1) is 11.0. The van der Waals surface area contributed by atoms with Gasteiger partial charge in [-0.1, -0.05) is 0 Å². The van der Waals surface area contributed by atoms with E-state index in [1.807, 2.05) is 17.5 Å². The van der Waals surface area contributed by atoms with Gasteiger partial charge in [0.25, 0.3) is 0 Å². The lowest BCUT2D eigenvalue weighted by atomic mass is 10.2. The summed E-state index contributed by atoms with van der Waals surface area (Å²) in [5, 5.41) is 5.54. The zero-order valence-corrected chi connectivity index (χ0v) is 12.4. The van der Waals surface area contributed by atoms with Crippen LogP contribution in [-0.4, -0.2) is 16.3 Å². The molecule has 0 bridgehead atoms. The van der Waals surface area contributed by atoms with E-state index in [-0.39, 0.29) is 5.75 Å². The van der Waals surface area contributed by atoms with Crippen LogP contribution in [0.2, 0.25) is 0 Å². The van der Waals surface area contributed by atoms with E-state index in [1.54, 1.807) is 12.4 Å². The first-order valence-electron chi connectivity index (χ1n) is 6.48. The number of hydrogen-bond acceptors (Lipinski definition) is 5. The number of thiazole rings is 1. The zero-order valence-electron chi connectivity index (χ0n) is 11.5. The van der Waals surface area contributed by atoms with Crippen molar-refractivity contribution in [1.82, 2.24) is 9.97 Å². The second-order valence-electron chi connectivity index (χ2n) is 4.48. The minimum Gasteiger partial charge on any atom is -0.406 e. The molecule has 23 heavy (non-hydrogen) atoms. The number of anilines is 2. The van der Waals surface area contributed by atoms with Crippen molar-refractivity contribution in [2.75, 3.05) is 5.32 Å². The van der Waals surface area contributed by atoms with Crippen LogP contribution < -0.4 is 10.1 Å². The smallest absolute Gasteiger partial charge is 0.406 e.